The summed E-state index contributed by atoms with van der Waals surface area (Å²) in [5.74, 6) is -2.72. The predicted octanol–water partition coefficient (Wildman–Crippen LogP) is 3.40. The van der Waals surface area contributed by atoms with E-state index in [1.54, 1.807) is 6.92 Å². The Morgan fingerprint density at radius 1 is 1.14 bits per heavy atom. The molecule has 180 valence electrons. The van der Waals surface area contributed by atoms with E-state index in [2.05, 4.69) is 5.32 Å². The number of carbonyl (C=O) groups is 4. The quantitative estimate of drug-likeness (QED) is 0.221. The Bertz CT molecular complexity index is 1250. The van der Waals surface area contributed by atoms with Crippen LogP contribution in [-0.4, -0.2) is 35.2 Å². The van der Waals surface area contributed by atoms with Crippen molar-refractivity contribution in [3.05, 3.63) is 75.9 Å². The highest BCUT2D eigenvalue weighted by Crippen LogP contribution is 2.40. The number of aryl methyl sites for hydroxylation is 1. The number of nitrogens with one attached hydrogen (secondary N) is 1. The first-order valence-electron chi connectivity index (χ1n) is 11.0. The molecule has 0 saturated carbocycles. The van der Waals surface area contributed by atoms with Crippen LogP contribution in [0.5, 0.6) is 0 Å². The summed E-state index contributed by atoms with van der Waals surface area (Å²) >= 11 is 0. The Morgan fingerprint density at radius 2 is 1.86 bits per heavy atom. The molecule has 2 aromatic carbocycles. The monoisotopic (exact) mass is 477 g/mol. The lowest BCUT2D eigenvalue weighted by atomic mass is 9.78. The van der Waals surface area contributed by atoms with Crippen molar-refractivity contribution in [1.82, 2.24) is 0 Å². The van der Waals surface area contributed by atoms with Crippen molar-refractivity contribution in [1.29, 1.82) is 0 Å². The number of nitro groups is 1. The highest BCUT2D eigenvalue weighted by molar-refractivity contribution is 6.22. The van der Waals surface area contributed by atoms with Crippen LogP contribution >= 0.6 is 0 Å². The number of rotatable bonds is 6. The van der Waals surface area contributed by atoms with Crippen LogP contribution < -0.4 is 10.2 Å². The van der Waals surface area contributed by atoms with Gasteiger partial charge in [-0.15, -0.1) is 0 Å². The Kier molecular flexibility index (Phi) is 6.46. The van der Waals surface area contributed by atoms with E-state index in [0.29, 0.717) is 17.7 Å². The molecule has 10 nitrogen and oxygen atoms in total. The fraction of sp³-hybridized carbons (Fsp3) is 0.280. The minimum Gasteiger partial charge on any atom is -0.452 e. The van der Waals surface area contributed by atoms with E-state index in [1.807, 2.05) is 19.1 Å². The van der Waals surface area contributed by atoms with E-state index in [4.69, 9.17) is 4.74 Å². The summed E-state index contributed by atoms with van der Waals surface area (Å²) in [6.45, 7) is 2.90. The lowest BCUT2D eigenvalue weighted by molar-refractivity contribution is -0.385. The van der Waals surface area contributed by atoms with Crippen molar-refractivity contribution >= 4 is 40.8 Å². The highest BCUT2D eigenvalue weighted by Gasteiger charge is 2.50. The normalized spacial score (nSPS) is 21.0. The van der Waals surface area contributed by atoms with Crippen molar-refractivity contribution < 1.29 is 28.8 Å². The van der Waals surface area contributed by atoms with Gasteiger partial charge in [0.25, 0.3) is 11.6 Å². The number of hydrogen-bond acceptors (Lipinski definition) is 7. The average molecular weight is 477 g/mol. The van der Waals surface area contributed by atoms with Gasteiger partial charge < -0.3 is 10.1 Å². The lowest BCUT2D eigenvalue weighted by Crippen LogP contribution is -2.31. The molecule has 1 fully saturated rings. The minimum absolute atomic E-state index is 0.0263. The van der Waals surface area contributed by atoms with Crippen LogP contribution in [-0.2, 0) is 19.1 Å². The van der Waals surface area contributed by atoms with E-state index in [1.165, 1.54) is 47.4 Å². The first-order chi connectivity index (χ1) is 16.7. The van der Waals surface area contributed by atoms with E-state index >= 15 is 0 Å². The van der Waals surface area contributed by atoms with Crippen LogP contribution in [0.3, 0.4) is 0 Å². The molecular formula is C25H23N3O7. The zero-order valence-electron chi connectivity index (χ0n) is 19.1. The Labute approximate surface area is 200 Å². The first-order valence-corrected chi connectivity index (χ1v) is 11.0. The summed E-state index contributed by atoms with van der Waals surface area (Å²) in [6.07, 6.45) is 4.40. The second-order valence-corrected chi connectivity index (χ2v) is 8.60. The average Bonchev–Trinajstić information content (AvgIpc) is 3.09. The molecule has 0 spiro atoms. The molecule has 35 heavy (non-hydrogen) atoms. The Hall–Kier alpha value is -4.34. The fourth-order valence-electron chi connectivity index (χ4n) is 4.44. The summed E-state index contributed by atoms with van der Waals surface area (Å²) in [6, 6.07) is 10.1. The summed E-state index contributed by atoms with van der Waals surface area (Å²) < 4.78 is 5.02. The highest BCUT2D eigenvalue weighted by atomic mass is 16.6. The molecule has 2 aromatic rings. The molecule has 1 heterocycles. The number of esters is 1. The number of benzene rings is 2. The van der Waals surface area contributed by atoms with Gasteiger partial charge in [0.05, 0.1) is 28.0 Å². The fourth-order valence-corrected chi connectivity index (χ4v) is 4.44. The number of imide groups is 1. The van der Waals surface area contributed by atoms with Crippen LogP contribution in [0.2, 0.25) is 0 Å². The van der Waals surface area contributed by atoms with Crippen molar-refractivity contribution in [3.63, 3.8) is 0 Å². The third kappa shape index (κ3) is 4.68. The van der Waals surface area contributed by atoms with E-state index in [9.17, 15) is 29.3 Å². The summed E-state index contributed by atoms with van der Waals surface area (Å²) in [7, 11) is 0. The third-order valence-electron chi connectivity index (χ3n) is 6.26. The van der Waals surface area contributed by atoms with Gasteiger partial charge in [0.2, 0.25) is 11.8 Å². The van der Waals surface area contributed by atoms with Gasteiger partial charge in [0.15, 0.2) is 6.61 Å². The maximum absolute atomic E-state index is 12.9. The molecule has 3 atom stereocenters. The molecule has 0 radical (unpaired) electrons. The van der Waals surface area contributed by atoms with Gasteiger partial charge in [-0.3, -0.25) is 29.4 Å². The first kappa shape index (κ1) is 23.8. The second-order valence-electron chi connectivity index (χ2n) is 8.60. The number of hydrogen-bond donors (Lipinski definition) is 1. The number of amides is 3. The van der Waals surface area contributed by atoms with Crippen LogP contribution in [0.4, 0.5) is 17.1 Å². The number of carbonyl (C=O) groups excluding carboxylic acids is 4. The topological polar surface area (TPSA) is 136 Å². The second kappa shape index (κ2) is 9.49. The molecular weight excluding hydrogens is 454 g/mol. The molecule has 1 aliphatic heterocycles. The van der Waals surface area contributed by atoms with Gasteiger partial charge in [-0.1, -0.05) is 25.1 Å². The lowest BCUT2D eigenvalue weighted by Gasteiger charge is -2.22. The molecule has 1 aliphatic carbocycles. The SMILES string of the molecule is Cc1ccc(NC(=O)COC(=O)c2ccc(N3C(=O)[C@@H]4[C@H](C)C=CC[C@H]4C3=O)cc2)cc1[N+](=O)[O-]. The summed E-state index contributed by atoms with van der Waals surface area (Å²) in [4.78, 5) is 61.8. The maximum Gasteiger partial charge on any atom is 0.338 e. The molecule has 0 unspecified atom stereocenters. The van der Waals surface area contributed by atoms with Gasteiger partial charge in [0.1, 0.15) is 0 Å². The van der Waals surface area contributed by atoms with Gasteiger partial charge in [-0.2, -0.15) is 0 Å². The Morgan fingerprint density at radius 3 is 2.51 bits per heavy atom. The number of ether oxygens (including phenoxy) is 1. The molecule has 2 aliphatic rings. The van der Waals surface area contributed by atoms with Crippen molar-refractivity contribution in [2.75, 3.05) is 16.8 Å². The summed E-state index contributed by atoms with van der Waals surface area (Å²) in [5, 5.41) is 13.5. The maximum atomic E-state index is 12.9. The zero-order valence-corrected chi connectivity index (χ0v) is 19.1. The molecule has 0 bridgehead atoms. The van der Waals surface area contributed by atoms with E-state index in [-0.39, 0.29) is 46.5 Å². The van der Waals surface area contributed by atoms with Gasteiger partial charge in [-0.25, -0.2) is 4.79 Å². The number of nitrogens with zero attached hydrogens (tertiary/aromatic N) is 2. The minimum atomic E-state index is -0.771. The van der Waals surface area contributed by atoms with Crippen molar-refractivity contribution in [3.8, 4) is 0 Å². The molecule has 1 saturated heterocycles. The largest absolute Gasteiger partial charge is 0.452 e. The smallest absolute Gasteiger partial charge is 0.338 e. The molecule has 3 amide bonds. The molecule has 1 N–H and O–H groups in total. The Balaban J connectivity index is 1.36. The van der Waals surface area contributed by atoms with Crippen molar-refractivity contribution in [2.24, 2.45) is 17.8 Å². The number of anilines is 2. The van der Waals surface area contributed by atoms with Crippen molar-refractivity contribution in [2.45, 2.75) is 20.3 Å². The number of nitro benzene ring substituents is 1. The predicted molar refractivity (Wildman–Crippen MR) is 126 cm³/mol. The standard InChI is InChI=1S/C25H23N3O7/c1-14-6-9-17(12-20(14)28(33)34)26-21(29)13-35-25(32)16-7-10-18(11-8-16)27-23(30)19-5-3-4-15(2)22(19)24(27)31/h3-4,6-12,15,19,22H,5,13H2,1-2H3,(H,26,29)/t15-,19-,22-/m1/s1. The molecule has 0 aromatic heterocycles. The van der Waals surface area contributed by atoms with Gasteiger partial charge in [0, 0.05) is 17.3 Å². The van der Waals surface area contributed by atoms with Crippen LogP contribution in [0.25, 0.3) is 0 Å². The van der Waals surface area contributed by atoms with Crippen LogP contribution in [0.1, 0.15) is 29.3 Å². The molecule has 4 rings (SSSR count). The molecule has 10 heteroatoms. The van der Waals surface area contributed by atoms with Crippen LogP contribution in [0, 0.1) is 34.8 Å². The van der Waals surface area contributed by atoms with E-state index < -0.39 is 23.4 Å². The van der Waals surface area contributed by atoms with Gasteiger partial charge in [-0.05, 0) is 49.6 Å². The zero-order chi connectivity index (χ0) is 25.3. The summed E-state index contributed by atoms with van der Waals surface area (Å²) in [5.41, 5.74) is 1.03. The third-order valence-corrected chi connectivity index (χ3v) is 6.26. The number of allylic oxidation sites excluding steroid dienone is 2. The van der Waals surface area contributed by atoms with Gasteiger partial charge >= 0.3 is 5.97 Å². The van der Waals surface area contributed by atoms with Crippen LogP contribution in [0.15, 0.2) is 54.6 Å². The van der Waals surface area contributed by atoms with E-state index in [0.717, 1.165) is 0 Å². The number of fused-ring (bicyclic) bond motifs is 1.